The summed E-state index contributed by atoms with van der Waals surface area (Å²) in [4.78, 5) is 12.4. The second-order valence-corrected chi connectivity index (χ2v) is 7.91. The Morgan fingerprint density at radius 3 is 3.05 bits per heavy atom. The number of hydrogen-bond donors (Lipinski definition) is 2. The molecule has 2 N–H and O–H groups in total. The molecular formula is C15H26N2OS. The molecule has 5 unspecified atom stereocenters. The molecule has 3 rings (SSSR count). The molecule has 1 saturated heterocycles. The molecule has 0 aromatic carbocycles. The first-order chi connectivity index (χ1) is 9.28. The third-order valence-corrected chi connectivity index (χ3v) is 6.39. The summed E-state index contributed by atoms with van der Waals surface area (Å²) in [5, 5.41) is 7.53. The van der Waals surface area contributed by atoms with Crippen molar-refractivity contribution in [1.82, 2.24) is 10.6 Å². The van der Waals surface area contributed by atoms with E-state index in [9.17, 15) is 4.79 Å². The highest BCUT2D eigenvalue weighted by molar-refractivity contribution is 7.99. The number of amides is 1. The van der Waals surface area contributed by atoms with E-state index < -0.39 is 0 Å². The van der Waals surface area contributed by atoms with Gasteiger partial charge in [0.2, 0.25) is 5.91 Å². The lowest BCUT2D eigenvalue weighted by Gasteiger charge is -2.21. The number of nitrogens with one attached hydrogen (secondary N) is 2. The molecule has 3 fully saturated rings. The summed E-state index contributed by atoms with van der Waals surface area (Å²) in [6, 6.07) is 0.532. The summed E-state index contributed by atoms with van der Waals surface area (Å²) in [6.45, 7) is 3.28. The predicted octanol–water partition coefficient (Wildman–Crippen LogP) is 2.16. The summed E-state index contributed by atoms with van der Waals surface area (Å²) in [5.41, 5.74) is 0. The monoisotopic (exact) mass is 282 g/mol. The first-order valence-corrected chi connectivity index (χ1v) is 8.98. The van der Waals surface area contributed by atoms with Crippen molar-refractivity contribution in [2.24, 2.45) is 11.8 Å². The molecule has 1 heterocycles. The van der Waals surface area contributed by atoms with E-state index >= 15 is 0 Å². The van der Waals surface area contributed by atoms with Crippen LogP contribution in [-0.2, 0) is 4.79 Å². The average Bonchev–Trinajstić information content (AvgIpc) is 3.04. The van der Waals surface area contributed by atoms with E-state index in [1.807, 2.05) is 0 Å². The van der Waals surface area contributed by atoms with Gasteiger partial charge in [-0.1, -0.05) is 13.3 Å². The number of thioether (sulfide) groups is 1. The zero-order valence-electron chi connectivity index (χ0n) is 11.9. The van der Waals surface area contributed by atoms with Gasteiger partial charge in [-0.2, -0.15) is 11.8 Å². The zero-order valence-corrected chi connectivity index (χ0v) is 12.7. The van der Waals surface area contributed by atoms with Gasteiger partial charge in [-0.3, -0.25) is 4.79 Å². The number of fused-ring (bicyclic) bond motifs is 1. The van der Waals surface area contributed by atoms with Crippen molar-refractivity contribution in [3.05, 3.63) is 0 Å². The molecule has 3 aliphatic rings. The van der Waals surface area contributed by atoms with Crippen LogP contribution in [0.1, 0.15) is 45.4 Å². The Labute approximate surface area is 120 Å². The van der Waals surface area contributed by atoms with Gasteiger partial charge in [-0.25, -0.2) is 0 Å². The number of hydrogen-bond acceptors (Lipinski definition) is 3. The largest absolute Gasteiger partial charge is 0.352 e. The van der Waals surface area contributed by atoms with Gasteiger partial charge < -0.3 is 10.6 Å². The third kappa shape index (κ3) is 2.94. The van der Waals surface area contributed by atoms with Crippen LogP contribution >= 0.6 is 11.8 Å². The molecule has 5 atom stereocenters. The van der Waals surface area contributed by atoms with Crippen molar-refractivity contribution < 1.29 is 4.79 Å². The second-order valence-electron chi connectivity index (χ2n) is 6.34. The minimum absolute atomic E-state index is 0.102. The highest BCUT2D eigenvalue weighted by Crippen LogP contribution is 2.38. The summed E-state index contributed by atoms with van der Waals surface area (Å²) in [5.74, 6) is 2.85. The van der Waals surface area contributed by atoms with E-state index in [-0.39, 0.29) is 11.9 Å². The number of rotatable bonds is 4. The van der Waals surface area contributed by atoms with Gasteiger partial charge in [0, 0.05) is 11.3 Å². The Hall–Kier alpha value is -0.220. The Balaban J connectivity index is 1.49. The Bertz CT molecular complexity index is 336. The number of carbonyl (C=O) groups is 1. The van der Waals surface area contributed by atoms with Crippen LogP contribution in [0.15, 0.2) is 0 Å². The molecule has 2 aliphatic carbocycles. The van der Waals surface area contributed by atoms with Crippen molar-refractivity contribution in [1.29, 1.82) is 0 Å². The van der Waals surface area contributed by atoms with E-state index in [4.69, 9.17) is 0 Å². The molecule has 2 saturated carbocycles. The first kappa shape index (κ1) is 13.7. The second kappa shape index (κ2) is 6.04. The normalized spacial score (nSPS) is 41.4. The average molecular weight is 282 g/mol. The Kier molecular flexibility index (Phi) is 4.37. The quantitative estimate of drug-likeness (QED) is 0.830. The molecule has 108 valence electrons. The molecule has 19 heavy (non-hydrogen) atoms. The molecule has 4 heteroatoms. The minimum atomic E-state index is 0.102. The molecule has 0 spiro atoms. The highest BCUT2D eigenvalue weighted by Gasteiger charge is 2.43. The fraction of sp³-hybridized carbons (Fsp3) is 0.933. The van der Waals surface area contributed by atoms with E-state index in [0.29, 0.717) is 12.0 Å². The highest BCUT2D eigenvalue weighted by atomic mass is 32.2. The standard InChI is InChI=1S/C15H26N2OS/c1-2-19-12-7-6-11(8-12)17-15(18)14-13-5-3-4-10(13)9-16-14/h10-14,16H,2-9H2,1H3,(H,17,18). The molecule has 0 radical (unpaired) electrons. The topological polar surface area (TPSA) is 41.1 Å². The fourth-order valence-electron chi connectivity index (χ4n) is 4.22. The Morgan fingerprint density at radius 1 is 1.32 bits per heavy atom. The molecular weight excluding hydrogens is 256 g/mol. The summed E-state index contributed by atoms with van der Waals surface area (Å²) in [7, 11) is 0. The fourth-order valence-corrected chi connectivity index (χ4v) is 5.37. The Morgan fingerprint density at radius 2 is 2.21 bits per heavy atom. The van der Waals surface area contributed by atoms with Crippen LogP contribution in [0.3, 0.4) is 0 Å². The first-order valence-electron chi connectivity index (χ1n) is 7.93. The van der Waals surface area contributed by atoms with Crippen molar-refractivity contribution in [3.63, 3.8) is 0 Å². The van der Waals surface area contributed by atoms with Crippen molar-refractivity contribution >= 4 is 17.7 Å². The van der Waals surface area contributed by atoms with E-state index in [1.54, 1.807) is 0 Å². The molecule has 0 bridgehead atoms. The van der Waals surface area contributed by atoms with Gasteiger partial charge in [0.15, 0.2) is 0 Å². The van der Waals surface area contributed by atoms with Gasteiger partial charge in [0.05, 0.1) is 6.04 Å². The van der Waals surface area contributed by atoms with Gasteiger partial charge >= 0.3 is 0 Å². The van der Waals surface area contributed by atoms with Crippen LogP contribution < -0.4 is 10.6 Å². The van der Waals surface area contributed by atoms with Crippen LogP contribution in [0.5, 0.6) is 0 Å². The van der Waals surface area contributed by atoms with E-state index in [0.717, 1.165) is 17.7 Å². The van der Waals surface area contributed by atoms with Gasteiger partial charge in [0.25, 0.3) is 0 Å². The lowest BCUT2D eigenvalue weighted by atomic mass is 9.93. The summed E-state index contributed by atoms with van der Waals surface area (Å²) >= 11 is 2.05. The lowest BCUT2D eigenvalue weighted by Crippen LogP contribution is -2.47. The maximum Gasteiger partial charge on any atom is 0.237 e. The van der Waals surface area contributed by atoms with Crippen LogP contribution in [0.25, 0.3) is 0 Å². The molecule has 1 amide bonds. The molecule has 3 nitrogen and oxygen atoms in total. The third-order valence-electron chi connectivity index (χ3n) is 5.16. The van der Waals surface area contributed by atoms with Crippen LogP contribution in [-0.4, -0.2) is 35.5 Å². The summed E-state index contributed by atoms with van der Waals surface area (Å²) < 4.78 is 0. The maximum atomic E-state index is 12.4. The van der Waals surface area contributed by atoms with Crippen molar-refractivity contribution in [2.75, 3.05) is 12.3 Å². The molecule has 0 aromatic rings. The molecule has 0 aromatic heterocycles. The maximum absolute atomic E-state index is 12.4. The van der Waals surface area contributed by atoms with Crippen LogP contribution in [0.2, 0.25) is 0 Å². The van der Waals surface area contributed by atoms with Crippen LogP contribution in [0, 0.1) is 11.8 Å². The van der Waals surface area contributed by atoms with Crippen molar-refractivity contribution in [3.8, 4) is 0 Å². The van der Waals surface area contributed by atoms with E-state index in [1.165, 1.54) is 44.3 Å². The summed E-state index contributed by atoms with van der Waals surface area (Å²) in [6.07, 6.45) is 7.50. The smallest absolute Gasteiger partial charge is 0.237 e. The van der Waals surface area contributed by atoms with Gasteiger partial charge in [0.1, 0.15) is 0 Å². The zero-order chi connectivity index (χ0) is 13.2. The molecule has 1 aliphatic heterocycles. The lowest BCUT2D eigenvalue weighted by molar-refractivity contribution is -0.124. The minimum Gasteiger partial charge on any atom is -0.352 e. The number of carbonyl (C=O) groups excluding carboxylic acids is 1. The van der Waals surface area contributed by atoms with Gasteiger partial charge in [-0.15, -0.1) is 0 Å². The SMILES string of the molecule is CCSC1CCC(NC(=O)C2NCC3CCCC32)C1. The van der Waals surface area contributed by atoms with Gasteiger partial charge in [-0.05, 0) is 56.2 Å². The van der Waals surface area contributed by atoms with Crippen LogP contribution in [0.4, 0.5) is 0 Å². The predicted molar refractivity (Wildman–Crippen MR) is 80.3 cm³/mol. The van der Waals surface area contributed by atoms with Crippen molar-refractivity contribution in [2.45, 2.75) is 62.8 Å². The van der Waals surface area contributed by atoms with E-state index in [2.05, 4.69) is 29.3 Å².